The summed E-state index contributed by atoms with van der Waals surface area (Å²) in [6.07, 6.45) is 5.47. The van der Waals surface area contributed by atoms with Gasteiger partial charge < -0.3 is 15.4 Å². The Morgan fingerprint density at radius 3 is 2.83 bits per heavy atom. The van der Waals surface area contributed by atoms with Crippen molar-refractivity contribution in [1.82, 2.24) is 10.6 Å². The first-order valence-corrected chi connectivity index (χ1v) is 9.86. The zero-order valence-corrected chi connectivity index (χ0v) is 17.7. The molecule has 2 rings (SSSR count). The molecule has 0 radical (unpaired) electrons. The number of aliphatic imine (C=N–C) groups is 1. The lowest BCUT2D eigenvalue weighted by Gasteiger charge is -2.31. The first-order valence-electron chi connectivity index (χ1n) is 8.48. The van der Waals surface area contributed by atoms with Gasteiger partial charge in [0, 0.05) is 53.5 Å². The van der Waals surface area contributed by atoms with Gasteiger partial charge in [0.05, 0.1) is 6.61 Å². The van der Waals surface area contributed by atoms with Crippen molar-refractivity contribution < 1.29 is 8.95 Å². The van der Waals surface area contributed by atoms with E-state index in [-0.39, 0.29) is 29.4 Å². The normalized spacial score (nSPS) is 32.9. The molecule has 0 aromatic heterocycles. The Hall–Kier alpha value is 0.110. The highest BCUT2D eigenvalue weighted by atomic mass is 127. The van der Waals surface area contributed by atoms with Crippen molar-refractivity contribution in [3.05, 3.63) is 0 Å². The minimum Gasteiger partial charge on any atom is -0.381 e. The second-order valence-electron chi connectivity index (χ2n) is 6.84. The van der Waals surface area contributed by atoms with Crippen LogP contribution in [0.4, 0.5) is 0 Å². The highest BCUT2D eigenvalue weighted by Gasteiger charge is 2.30. The van der Waals surface area contributed by atoms with Crippen LogP contribution in [0.2, 0.25) is 0 Å². The molecule has 1 saturated carbocycles. The highest BCUT2D eigenvalue weighted by Crippen LogP contribution is 2.26. The van der Waals surface area contributed by atoms with Crippen LogP contribution < -0.4 is 10.6 Å². The summed E-state index contributed by atoms with van der Waals surface area (Å²) in [5.74, 6) is 1.63. The van der Waals surface area contributed by atoms with Crippen molar-refractivity contribution >= 4 is 40.7 Å². The Bertz CT molecular complexity index is 414. The fourth-order valence-corrected chi connectivity index (χ4v) is 4.63. The molecule has 1 aliphatic carbocycles. The quantitative estimate of drug-likeness (QED) is 0.378. The number of guanidine groups is 1. The van der Waals surface area contributed by atoms with Gasteiger partial charge in [0.15, 0.2) is 5.96 Å². The van der Waals surface area contributed by atoms with Crippen LogP contribution in [0.1, 0.15) is 46.0 Å². The van der Waals surface area contributed by atoms with E-state index in [0.717, 1.165) is 63.6 Å². The van der Waals surface area contributed by atoms with Crippen molar-refractivity contribution in [2.45, 2.75) is 57.2 Å². The van der Waals surface area contributed by atoms with E-state index < -0.39 is 10.8 Å². The standard InChI is InChI=1S/C16H31N3O2S.HI/c1-4-22(20)14-7-5-6-13(10-14)19-15(17-3)18-11-16(2)8-9-21-12-16;/h13-14H,4-12H2,1-3H3,(H2,17,18,19);1H. The Balaban J connectivity index is 0.00000264. The largest absolute Gasteiger partial charge is 0.381 e. The fraction of sp³-hybridized carbons (Fsp3) is 0.938. The van der Waals surface area contributed by atoms with Crippen molar-refractivity contribution in [1.29, 1.82) is 0 Å². The number of rotatable bonds is 5. The average molecular weight is 457 g/mol. The van der Waals surface area contributed by atoms with E-state index in [0.29, 0.717) is 11.3 Å². The second-order valence-corrected chi connectivity index (χ2v) is 8.84. The summed E-state index contributed by atoms with van der Waals surface area (Å²) in [7, 11) is 1.13. The van der Waals surface area contributed by atoms with Gasteiger partial charge in [-0.3, -0.25) is 9.20 Å². The van der Waals surface area contributed by atoms with Gasteiger partial charge in [-0.25, -0.2) is 0 Å². The fourth-order valence-electron chi connectivity index (χ4n) is 3.28. The van der Waals surface area contributed by atoms with E-state index >= 15 is 0 Å². The number of nitrogens with one attached hydrogen (secondary N) is 2. The van der Waals surface area contributed by atoms with Crippen LogP contribution >= 0.6 is 24.0 Å². The Morgan fingerprint density at radius 2 is 2.22 bits per heavy atom. The molecule has 1 heterocycles. The smallest absolute Gasteiger partial charge is 0.191 e. The molecule has 23 heavy (non-hydrogen) atoms. The Kier molecular flexibility index (Phi) is 9.36. The average Bonchev–Trinajstić information content (AvgIpc) is 2.98. The van der Waals surface area contributed by atoms with Gasteiger partial charge in [-0.15, -0.1) is 24.0 Å². The summed E-state index contributed by atoms with van der Waals surface area (Å²) in [5.41, 5.74) is 0.205. The molecule has 4 unspecified atom stereocenters. The van der Waals surface area contributed by atoms with Gasteiger partial charge >= 0.3 is 0 Å². The van der Waals surface area contributed by atoms with E-state index in [4.69, 9.17) is 4.74 Å². The summed E-state index contributed by atoms with van der Waals surface area (Å²) in [5, 5.41) is 7.30. The lowest BCUT2D eigenvalue weighted by molar-refractivity contribution is 0.160. The molecule has 0 bridgehead atoms. The Labute approximate surface area is 160 Å². The van der Waals surface area contributed by atoms with Gasteiger partial charge in [0.25, 0.3) is 0 Å². The molecule has 2 fully saturated rings. The topological polar surface area (TPSA) is 62.7 Å². The first-order chi connectivity index (χ1) is 10.6. The van der Waals surface area contributed by atoms with Crippen LogP contribution in [-0.2, 0) is 15.5 Å². The van der Waals surface area contributed by atoms with E-state index in [9.17, 15) is 4.21 Å². The number of nitrogens with zero attached hydrogens (tertiary/aromatic N) is 1. The van der Waals surface area contributed by atoms with Crippen LogP contribution in [0, 0.1) is 5.41 Å². The molecule has 5 nitrogen and oxygen atoms in total. The van der Waals surface area contributed by atoms with Gasteiger partial charge in [-0.2, -0.15) is 0 Å². The van der Waals surface area contributed by atoms with E-state index in [2.05, 4.69) is 22.5 Å². The predicted molar refractivity (Wildman–Crippen MR) is 108 cm³/mol. The van der Waals surface area contributed by atoms with Crippen LogP contribution in [0.5, 0.6) is 0 Å². The summed E-state index contributed by atoms with van der Waals surface area (Å²) in [4.78, 5) is 4.34. The lowest BCUT2D eigenvalue weighted by Crippen LogP contribution is -2.49. The molecular weight excluding hydrogens is 425 g/mol. The molecule has 136 valence electrons. The summed E-state index contributed by atoms with van der Waals surface area (Å²) in [6, 6.07) is 0.382. The zero-order valence-electron chi connectivity index (χ0n) is 14.6. The molecule has 2 N–H and O–H groups in total. The SMILES string of the molecule is CCS(=O)C1CCCC(NC(=NC)NCC2(C)CCOC2)C1.I. The van der Waals surface area contributed by atoms with Crippen LogP contribution in [0.3, 0.4) is 0 Å². The van der Waals surface area contributed by atoms with Gasteiger partial charge in [-0.05, 0) is 25.7 Å². The summed E-state index contributed by atoms with van der Waals surface area (Å²) >= 11 is 0. The van der Waals surface area contributed by atoms with Crippen molar-refractivity contribution in [2.75, 3.05) is 32.6 Å². The molecule has 0 amide bonds. The van der Waals surface area contributed by atoms with Crippen LogP contribution in [0.25, 0.3) is 0 Å². The molecule has 4 atom stereocenters. The highest BCUT2D eigenvalue weighted by molar-refractivity contribution is 14.0. The molecule has 0 aromatic carbocycles. The van der Waals surface area contributed by atoms with Crippen LogP contribution in [0.15, 0.2) is 4.99 Å². The Morgan fingerprint density at radius 1 is 1.43 bits per heavy atom. The maximum absolute atomic E-state index is 12.0. The number of hydrogen-bond donors (Lipinski definition) is 2. The number of hydrogen-bond acceptors (Lipinski definition) is 3. The van der Waals surface area contributed by atoms with E-state index in [1.165, 1.54) is 0 Å². The van der Waals surface area contributed by atoms with Crippen LogP contribution in [-0.4, -0.2) is 54.0 Å². The lowest BCUT2D eigenvalue weighted by atomic mass is 9.90. The van der Waals surface area contributed by atoms with Crippen molar-refractivity contribution in [3.63, 3.8) is 0 Å². The first kappa shape index (κ1) is 21.2. The maximum atomic E-state index is 12.0. The molecule has 2 aliphatic rings. The predicted octanol–water partition coefficient (Wildman–Crippen LogP) is 2.28. The van der Waals surface area contributed by atoms with E-state index in [1.807, 2.05) is 14.0 Å². The molecule has 0 spiro atoms. The maximum Gasteiger partial charge on any atom is 0.191 e. The summed E-state index contributed by atoms with van der Waals surface area (Å²) < 4.78 is 17.5. The molecule has 1 saturated heterocycles. The molecule has 0 aromatic rings. The zero-order chi connectivity index (χ0) is 16.0. The van der Waals surface area contributed by atoms with Gasteiger partial charge in [-0.1, -0.05) is 20.3 Å². The monoisotopic (exact) mass is 457 g/mol. The van der Waals surface area contributed by atoms with Gasteiger partial charge in [0.1, 0.15) is 0 Å². The number of ether oxygens (including phenoxy) is 1. The molecule has 7 heteroatoms. The van der Waals surface area contributed by atoms with Crippen molar-refractivity contribution in [2.24, 2.45) is 10.4 Å². The van der Waals surface area contributed by atoms with Crippen molar-refractivity contribution in [3.8, 4) is 0 Å². The summed E-state index contributed by atoms with van der Waals surface area (Å²) in [6.45, 7) is 6.82. The second kappa shape index (κ2) is 10.2. The third-order valence-corrected chi connectivity index (χ3v) is 6.57. The minimum atomic E-state index is -0.680. The third kappa shape index (κ3) is 6.49. The third-order valence-electron chi connectivity index (χ3n) is 4.83. The molecular formula is C16H32IN3O2S. The minimum absolute atomic E-state index is 0. The molecule has 1 aliphatic heterocycles. The van der Waals surface area contributed by atoms with E-state index in [1.54, 1.807) is 0 Å². The van der Waals surface area contributed by atoms with Gasteiger partial charge in [0.2, 0.25) is 0 Å². The number of halogens is 1.